The van der Waals surface area contributed by atoms with Gasteiger partial charge in [0.05, 0.1) is 6.10 Å². The predicted molar refractivity (Wildman–Crippen MR) is 48.2 cm³/mol. The van der Waals surface area contributed by atoms with Crippen molar-refractivity contribution in [2.45, 2.75) is 44.2 Å². The molecule has 0 aromatic carbocycles. The van der Waals surface area contributed by atoms with Crippen LogP contribution in [0, 0.1) is 5.92 Å². The van der Waals surface area contributed by atoms with Crippen molar-refractivity contribution in [2.24, 2.45) is 11.7 Å². The van der Waals surface area contributed by atoms with Crippen molar-refractivity contribution < 1.29 is 15.0 Å². The van der Waals surface area contributed by atoms with Gasteiger partial charge in [-0.1, -0.05) is 19.3 Å². The lowest BCUT2D eigenvalue weighted by atomic mass is 9.90. The molecule has 1 saturated carbocycles. The number of nitrogens with two attached hydrogens (primary N) is 1. The molecule has 4 nitrogen and oxygen atoms in total. The van der Waals surface area contributed by atoms with Gasteiger partial charge >= 0.3 is 5.97 Å². The number of carboxylic acids is 1. The summed E-state index contributed by atoms with van der Waals surface area (Å²) in [5.41, 5.74) is 5.49. The van der Waals surface area contributed by atoms with Gasteiger partial charge in [-0.05, 0) is 12.8 Å². The number of aliphatic hydroxyl groups excluding tert-OH is 1. The zero-order chi connectivity index (χ0) is 9.84. The van der Waals surface area contributed by atoms with E-state index in [9.17, 15) is 9.90 Å². The SMILES string of the molecule is N[C@H](C(=O)O)[C@H]1CCCCC[C@H]1O. The molecule has 0 amide bonds. The van der Waals surface area contributed by atoms with Gasteiger partial charge in [-0.2, -0.15) is 0 Å². The molecular weight excluding hydrogens is 170 g/mol. The zero-order valence-corrected chi connectivity index (χ0v) is 7.65. The Kier molecular flexibility index (Phi) is 3.69. The minimum atomic E-state index is -1.01. The topological polar surface area (TPSA) is 83.6 Å². The van der Waals surface area contributed by atoms with E-state index in [0.29, 0.717) is 6.42 Å². The first-order valence-corrected chi connectivity index (χ1v) is 4.79. The van der Waals surface area contributed by atoms with Crippen LogP contribution in [0.25, 0.3) is 0 Å². The molecule has 0 radical (unpaired) electrons. The van der Waals surface area contributed by atoms with Crippen molar-refractivity contribution in [1.82, 2.24) is 0 Å². The van der Waals surface area contributed by atoms with E-state index in [1.165, 1.54) is 0 Å². The molecule has 76 valence electrons. The first-order chi connectivity index (χ1) is 6.13. The third-order valence-electron chi connectivity index (χ3n) is 2.78. The monoisotopic (exact) mass is 187 g/mol. The number of hydrogen-bond acceptors (Lipinski definition) is 3. The third kappa shape index (κ3) is 2.67. The zero-order valence-electron chi connectivity index (χ0n) is 7.65. The van der Waals surface area contributed by atoms with Crippen LogP contribution in [0.5, 0.6) is 0 Å². The quantitative estimate of drug-likeness (QED) is 0.544. The van der Waals surface area contributed by atoms with E-state index in [1.807, 2.05) is 0 Å². The summed E-state index contributed by atoms with van der Waals surface area (Å²) in [5.74, 6) is -1.27. The van der Waals surface area contributed by atoms with Gasteiger partial charge in [0.25, 0.3) is 0 Å². The van der Waals surface area contributed by atoms with E-state index in [0.717, 1.165) is 25.7 Å². The Morgan fingerprint density at radius 2 is 1.92 bits per heavy atom. The summed E-state index contributed by atoms with van der Waals surface area (Å²) in [6, 6.07) is -0.909. The van der Waals surface area contributed by atoms with Gasteiger partial charge in [-0.3, -0.25) is 4.79 Å². The lowest BCUT2D eigenvalue weighted by Crippen LogP contribution is -2.43. The van der Waals surface area contributed by atoms with Gasteiger partial charge in [0, 0.05) is 5.92 Å². The highest BCUT2D eigenvalue weighted by atomic mass is 16.4. The van der Waals surface area contributed by atoms with Crippen LogP contribution >= 0.6 is 0 Å². The molecule has 4 heteroatoms. The van der Waals surface area contributed by atoms with E-state index in [-0.39, 0.29) is 5.92 Å². The van der Waals surface area contributed by atoms with E-state index >= 15 is 0 Å². The first kappa shape index (κ1) is 10.5. The Labute approximate surface area is 77.7 Å². The van der Waals surface area contributed by atoms with Crippen molar-refractivity contribution in [3.63, 3.8) is 0 Å². The Hall–Kier alpha value is -0.610. The van der Waals surface area contributed by atoms with Gasteiger partial charge in [0.2, 0.25) is 0 Å². The smallest absolute Gasteiger partial charge is 0.320 e. The second-order valence-corrected chi connectivity index (χ2v) is 3.73. The molecule has 0 spiro atoms. The van der Waals surface area contributed by atoms with Crippen LogP contribution in [-0.4, -0.2) is 28.3 Å². The second kappa shape index (κ2) is 4.58. The predicted octanol–water partition coefficient (Wildman–Crippen LogP) is 0.339. The van der Waals surface area contributed by atoms with Crippen LogP contribution < -0.4 is 5.73 Å². The Morgan fingerprint density at radius 3 is 2.54 bits per heavy atom. The standard InChI is InChI=1S/C9H17NO3/c10-8(9(12)13)6-4-2-1-3-5-7(6)11/h6-8,11H,1-5,10H2,(H,12,13)/t6-,7+,8-/m0/s1. The maximum absolute atomic E-state index is 10.6. The Bertz CT molecular complexity index is 184. The van der Waals surface area contributed by atoms with Gasteiger partial charge in [0.1, 0.15) is 6.04 Å². The van der Waals surface area contributed by atoms with Crippen LogP contribution in [0.3, 0.4) is 0 Å². The minimum Gasteiger partial charge on any atom is -0.480 e. The number of aliphatic carboxylic acids is 1. The van der Waals surface area contributed by atoms with Crippen molar-refractivity contribution in [1.29, 1.82) is 0 Å². The molecule has 0 aromatic rings. The van der Waals surface area contributed by atoms with E-state index in [4.69, 9.17) is 10.8 Å². The van der Waals surface area contributed by atoms with Gasteiger partial charge in [-0.25, -0.2) is 0 Å². The van der Waals surface area contributed by atoms with E-state index in [2.05, 4.69) is 0 Å². The maximum Gasteiger partial charge on any atom is 0.320 e. The van der Waals surface area contributed by atoms with Crippen LogP contribution in [0.4, 0.5) is 0 Å². The summed E-state index contributed by atoms with van der Waals surface area (Å²) < 4.78 is 0. The molecule has 1 rings (SSSR count). The second-order valence-electron chi connectivity index (χ2n) is 3.73. The number of hydrogen-bond donors (Lipinski definition) is 3. The highest BCUT2D eigenvalue weighted by molar-refractivity contribution is 5.73. The first-order valence-electron chi connectivity index (χ1n) is 4.79. The summed E-state index contributed by atoms with van der Waals surface area (Å²) in [4.78, 5) is 10.6. The lowest BCUT2D eigenvalue weighted by molar-refractivity contribution is -0.141. The van der Waals surface area contributed by atoms with Gasteiger partial charge in [0.15, 0.2) is 0 Å². The van der Waals surface area contributed by atoms with E-state index < -0.39 is 18.1 Å². The van der Waals surface area contributed by atoms with Gasteiger partial charge < -0.3 is 15.9 Å². The lowest BCUT2D eigenvalue weighted by Gasteiger charge is -2.23. The molecular formula is C9H17NO3. The molecule has 3 atom stereocenters. The number of carbonyl (C=O) groups is 1. The summed E-state index contributed by atoms with van der Waals surface area (Å²) in [5, 5.41) is 18.3. The van der Waals surface area contributed by atoms with Crippen molar-refractivity contribution in [2.75, 3.05) is 0 Å². The maximum atomic E-state index is 10.6. The number of carboxylic acid groups (broad SMARTS) is 1. The summed E-state index contributed by atoms with van der Waals surface area (Å²) >= 11 is 0. The molecule has 4 N–H and O–H groups in total. The molecule has 1 aliphatic rings. The molecule has 0 heterocycles. The van der Waals surface area contributed by atoms with Crippen LogP contribution in [0.2, 0.25) is 0 Å². The van der Waals surface area contributed by atoms with Crippen LogP contribution in [-0.2, 0) is 4.79 Å². The minimum absolute atomic E-state index is 0.264. The highest BCUT2D eigenvalue weighted by Gasteiger charge is 2.31. The van der Waals surface area contributed by atoms with Gasteiger partial charge in [-0.15, -0.1) is 0 Å². The molecule has 1 aliphatic carbocycles. The summed E-state index contributed by atoms with van der Waals surface area (Å²) in [6.07, 6.45) is 3.90. The Balaban J connectivity index is 2.58. The van der Waals surface area contributed by atoms with Crippen molar-refractivity contribution in [3.8, 4) is 0 Å². The van der Waals surface area contributed by atoms with Crippen LogP contribution in [0.1, 0.15) is 32.1 Å². The van der Waals surface area contributed by atoms with Crippen molar-refractivity contribution >= 4 is 5.97 Å². The molecule has 0 unspecified atom stereocenters. The molecule has 1 fully saturated rings. The fraction of sp³-hybridized carbons (Fsp3) is 0.889. The van der Waals surface area contributed by atoms with Crippen LogP contribution in [0.15, 0.2) is 0 Å². The average molecular weight is 187 g/mol. The Morgan fingerprint density at radius 1 is 1.31 bits per heavy atom. The fourth-order valence-corrected chi connectivity index (χ4v) is 1.92. The number of rotatable bonds is 2. The van der Waals surface area contributed by atoms with Crippen molar-refractivity contribution in [3.05, 3.63) is 0 Å². The average Bonchev–Trinajstić information content (AvgIpc) is 2.28. The normalized spacial score (nSPS) is 32.2. The molecule has 13 heavy (non-hydrogen) atoms. The fourth-order valence-electron chi connectivity index (χ4n) is 1.92. The molecule has 0 bridgehead atoms. The summed E-state index contributed by atoms with van der Waals surface area (Å²) in [6.45, 7) is 0. The highest BCUT2D eigenvalue weighted by Crippen LogP contribution is 2.25. The molecule has 0 aromatic heterocycles. The molecule has 0 saturated heterocycles. The number of aliphatic hydroxyl groups is 1. The van der Waals surface area contributed by atoms with E-state index in [1.54, 1.807) is 0 Å². The molecule has 0 aliphatic heterocycles. The summed E-state index contributed by atoms with van der Waals surface area (Å²) in [7, 11) is 0. The largest absolute Gasteiger partial charge is 0.480 e. The third-order valence-corrected chi connectivity index (χ3v) is 2.78.